The second kappa shape index (κ2) is 10.6. The molecule has 0 saturated carbocycles. The van der Waals surface area contributed by atoms with E-state index in [1.54, 1.807) is 7.11 Å². The zero-order valence-corrected chi connectivity index (χ0v) is 21.8. The van der Waals surface area contributed by atoms with Crippen LogP contribution in [-0.2, 0) is 24.6 Å². The molecule has 0 radical (unpaired) electrons. The molecule has 1 aliphatic rings. The van der Waals surface area contributed by atoms with E-state index in [9.17, 15) is 9.59 Å². The van der Waals surface area contributed by atoms with Gasteiger partial charge >= 0.3 is 12.1 Å². The first-order valence-corrected chi connectivity index (χ1v) is 15.2. The molecular formula is C27H35NO5Si. The normalized spacial score (nSPS) is 20.1. The number of carbonyl (C=O) groups is 2. The minimum atomic E-state index is -1.36. The standard InChI is InChI=1S/C27H35NO5Si/c1-7-20-10-8-9-11-23(20)21-12-14-22(15-13-21)27(32-3)18-24(25(29)31-2)28(19-27)26(30)33-16-17-34(4,5)6/h7-15,24H,1,16-19H2,2-6H3/t24-,27-/m0/s1. The molecule has 0 N–H and O–H groups in total. The molecule has 0 aromatic heterocycles. The number of ether oxygens (including phenoxy) is 3. The van der Waals surface area contributed by atoms with Crippen molar-refractivity contribution in [3.63, 3.8) is 0 Å². The predicted molar refractivity (Wildman–Crippen MR) is 137 cm³/mol. The number of methoxy groups -OCH3 is 2. The highest BCUT2D eigenvalue weighted by Crippen LogP contribution is 2.40. The fourth-order valence-electron chi connectivity index (χ4n) is 4.30. The molecule has 1 amide bonds. The fraction of sp³-hybridized carbons (Fsp3) is 0.407. The molecule has 182 valence electrons. The van der Waals surface area contributed by atoms with Crippen molar-refractivity contribution in [1.82, 2.24) is 4.90 Å². The van der Waals surface area contributed by atoms with Crippen LogP contribution in [0.1, 0.15) is 17.5 Å². The van der Waals surface area contributed by atoms with Crippen LogP contribution in [0.4, 0.5) is 4.79 Å². The number of likely N-dealkylation sites (tertiary alicyclic amines) is 1. The van der Waals surface area contributed by atoms with Gasteiger partial charge in [-0.1, -0.05) is 80.8 Å². The average molecular weight is 482 g/mol. The monoisotopic (exact) mass is 481 g/mol. The van der Waals surface area contributed by atoms with Gasteiger partial charge in [-0.2, -0.15) is 0 Å². The van der Waals surface area contributed by atoms with Gasteiger partial charge in [0, 0.05) is 21.6 Å². The maximum Gasteiger partial charge on any atom is 0.410 e. The first-order valence-electron chi connectivity index (χ1n) is 11.5. The van der Waals surface area contributed by atoms with Crippen molar-refractivity contribution in [2.75, 3.05) is 27.4 Å². The first kappa shape index (κ1) is 25.7. The number of esters is 1. The summed E-state index contributed by atoms with van der Waals surface area (Å²) in [6.07, 6.45) is 1.62. The molecule has 2 aromatic carbocycles. The Labute approximate surface area is 203 Å². The van der Waals surface area contributed by atoms with Crippen LogP contribution in [0.2, 0.25) is 25.7 Å². The first-order chi connectivity index (χ1) is 16.1. The lowest BCUT2D eigenvalue weighted by Gasteiger charge is -2.28. The maximum absolute atomic E-state index is 13.0. The lowest BCUT2D eigenvalue weighted by Crippen LogP contribution is -2.42. The summed E-state index contributed by atoms with van der Waals surface area (Å²) >= 11 is 0. The molecular weight excluding hydrogens is 446 g/mol. The van der Waals surface area contributed by atoms with E-state index in [0.29, 0.717) is 13.0 Å². The third-order valence-corrected chi connectivity index (χ3v) is 8.11. The SMILES string of the molecule is C=Cc1ccccc1-c1ccc([C@]2(OC)C[C@@H](C(=O)OC)N(C(=O)OCC[Si](C)(C)C)C2)cc1. The van der Waals surface area contributed by atoms with Crippen LogP contribution in [0.15, 0.2) is 55.1 Å². The zero-order valence-electron chi connectivity index (χ0n) is 20.8. The van der Waals surface area contributed by atoms with E-state index in [1.807, 2.05) is 48.5 Å². The number of hydrogen-bond donors (Lipinski definition) is 0. The van der Waals surface area contributed by atoms with Gasteiger partial charge in [-0.25, -0.2) is 9.59 Å². The molecule has 1 fully saturated rings. The third-order valence-electron chi connectivity index (χ3n) is 6.40. The molecule has 7 heteroatoms. The number of rotatable bonds is 8. The van der Waals surface area contributed by atoms with E-state index >= 15 is 0 Å². The van der Waals surface area contributed by atoms with Crippen molar-refractivity contribution in [2.24, 2.45) is 0 Å². The van der Waals surface area contributed by atoms with Crippen molar-refractivity contribution in [2.45, 2.75) is 43.7 Å². The predicted octanol–water partition coefficient (Wildman–Crippen LogP) is 5.56. The van der Waals surface area contributed by atoms with Gasteiger partial charge in [-0.3, -0.25) is 4.90 Å². The number of nitrogens with zero attached hydrogens (tertiary/aromatic N) is 1. The average Bonchev–Trinajstić information content (AvgIpc) is 3.24. The number of hydrogen-bond acceptors (Lipinski definition) is 5. The van der Waals surface area contributed by atoms with Crippen LogP contribution in [-0.4, -0.2) is 58.4 Å². The summed E-state index contributed by atoms with van der Waals surface area (Å²) < 4.78 is 16.5. The van der Waals surface area contributed by atoms with Gasteiger partial charge < -0.3 is 14.2 Å². The van der Waals surface area contributed by atoms with Gasteiger partial charge in [0.15, 0.2) is 0 Å². The van der Waals surface area contributed by atoms with E-state index in [1.165, 1.54) is 12.0 Å². The second-order valence-corrected chi connectivity index (χ2v) is 15.5. The van der Waals surface area contributed by atoms with Gasteiger partial charge in [0.25, 0.3) is 0 Å². The summed E-state index contributed by atoms with van der Waals surface area (Å²) in [7, 11) is 1.58. The molecule has 1 aliphatic heterocycles. The van der Waals surface area contributed by atoms with Crippen LogP contribution in [0.5, 0.6) is 0 Å². The molecule has 1 saturated heterocycles. The zero-order chi connectivity index (χ0) is 24.9. The molecule has 0 aliphatic carbocycles. The largest absolute Gasteiger partial charge is 0.467 e. The van der Waals surface area contributed by atoms with Crippen LogP contribution in [0.25, 0.3) is 17.2 Å². The van der Waals surface area contributed by atoms with Crippen LogP contribution in [0.3, 0.4) is 0 Å². The summed E-state index contributed by atoms with van der Waals surface area (Å²) in [5.74, 6) is -0.474. The maximum atomic E-state index is 13.0. The minimum Gasteiger partial charge on any atom is -0.467 e. The number of carbonyl (C=O) groups excluding carboxylic acids is 2. The Morgan fingerprint density at radius 2 is 1.79 bits per heavy atom. The lowest BCUT2D eigenvalue weighted by molar-refractivity contribution is -0.145. The fourth-order valence-corrected chi connectivity index (χ4v) is 5.02. The molecule has 0 bridgehead atoms. The molecule has 2 aromatic rings. The highest BCUT2D eigenvalue weighted by Gasteiger charge is 2.51. The highest BCUT2D eigenvalue weighted by molar-refractivity contribution is 6.76. The van der Waals surface area contributed by atoms with Crippen LogP contribution >= 0.6 is 0 Å². The van der Waals surface area contributed by atoms with E-state index in [2.05, 4.69) is 32.3 Å². The Kier molecular flexibility index (Phi) is 7.99. The van der Waals surface area contributed by atoms with E-state index in [-0.39, 0.29) is 6.54 Å². The van der Waals surface area contributed by atoms with Crippen molar-refractivity contribution >= 4 is 26.2 Å². The number of amides is 1. The van der Waals surface area contributed by atoms with Gasteiger partial charge in [0.05, 0.1) is 20.3 Å². The molecule has 1 heterocycles. The van der Waals surface area contributed by atoms with Gasteiger partial charge in [0.1, 0.15) is 11.6 Å². The Hall–Kier alpha value is -2.90. The van der Waals surface area contributed by atoms with Gasteiger partial charge in [-0.15, -0.1) is 0 Å². The molecule has 3 rings (SSSR count). The lowest BCUT2D eigenvalue weighted by atomic mass is 9.89. The van der Waals surface area contributed by atoms with Crippen molar-refractivity contribution in [1.29, 1.82) is 0 Å². The third kappa shape index (κ3) is 5.59. The smallest absolute Gasteiger partial charge is 0.410 e. The molecule has 34 heavy (non-hydrogen) atoms. The summed E-state index contributed by atoms with van der Waals surface area (Å²) in [6.45, 7) is 11.1. The summed E-state index contributed by atoms with van der Waals surface area (Å²) in [5.41, 5.74) is 3.24. The molecule has 0 unspecified atom stereocenters. The van der Waals surface area contributed by atoms with Gasteiger partial charge in [-0.05, 0) is 28.3 Å². The Morgan fingerprint density at radius 1 is 1.12 bits per heavy atom. The van der Waals surface area contributed by atoms with Crippen molar-refractivity contribution in [3.05, 3.63) is 66.2 Å². The minimum absolute atomic E-state index is 0.206. The highest BCUT2D eigenvalue weighted by atomic mass is 28.3. The second-order valence-electron chi connectivity index (χ2n) is 9.86. The van der Waals surface area contributed by atoms with Crippen molar-refractivity contribution in [3.8, 4) is 11.1 Å². The Balaban J connectivity index is 1.86. The summed E-state index contributed by atoms with van der Waals surface area (Å²) in [5, 5.41) is 0. The number of benzene rings is 2. The van der Waals surface area contributed by atoms with E-state index in [0.717, 1.165) is 28.3 Å². The molecule has 6 nitrogen and oxygen atoms in total. The molecule has 2 atom stereocenters. The topological polar surface area (TPSA) is 65.1 Å². The van der Waals surface area contributed by atoms with E-state index in [4.69, 9.17) is 14.2 Å². The summed E-state index contributed by atoms with van der Waals surface area (Å²) in [4.78, 5) is 27.0. The molecule has 0 spiro atoms. The van der Waals surface area contributed by atoms with E-state index < -0.39 is 31.8 Å². The van der Waals surface area contributed by atoms with Gasteiger partial charge in [0.2, 0.25) is 0 Å². The quantitative estimate of drug-likeness (QED) is 0.365. The van der Waals surface area contributed by atoms with Crippen LogP contribution < -0.4 is 0 Å². The Morgan fingerprint density at radius 3 is 2.38 bits per heavy atom. The Bertz CT molecular complexity index is 1030. The van der Waals surface area contributed by atoms with Crippen LogP contribution in [0, 0.1) is 0 Å². The summed E-state index contributed by atoms with van der Waals surface area (Å²) in [6, 6.07) is 16.2. The van der Waals surface area contributed by atoms with Crippen molar-refractivity contribution < 1.29 is 23.8 Å².